The summed E-state index contributed by atoms with van der Waals surface area (Å²) in [5.74, 6) is -2.70. The topological polar surface area (TPSA) is 118 Å². The molecule has 0 saturated carbocycles. The molecule has 13 heavy (non-hydrogen) atoms. The van der Waals surface area contributed by atoms with Gasteiger partial charge in [-0.2, -0.15) is 0 Å². The second-order valence-electron chi connectivity index (χ2n) is 0.946. The Morgan fingerprint density at radius 1 is 0.846 bits per heavy atom. The molecule has 0 heterocycles. The minimum absolute atomic E-state index is 0. The zero-order chi connectivity index (χ0) is 7.98. The molecular weight excluding hydrogens is 310 g/mol. The summed E-state index contributed by atoms with van der Waals surface area (Å²) in [6, 6.07) is 0. The van der Waals surface area contributed by atoms with Crippen LogP contribution >= 0.6 is 0 Å². The van der Waals surface area contributed by atoms with Gasteiger partial charge in [0, 0.05) is 0 Å². The summed E-state index contributed by atoms with van der Waals surface area (Å²) in [7, 11) is 0. The maximum atomic E-state index is 10.1. The maximum absolute atomic E-state index is 10.1. The van der Waals surface area contributed by atoms with Crippen LogP contribution in [0.15, 0.2) is 0 Å². The van der Waals surface area contributed by atoms with Gasteiger partial charge in [-0.25, -0.2) is 0 Å². The fraction of sp³-hybridized carbons (Fsp3) is 0. The Morgan fingerprint density at radius 3 is 1.23 bits per heavy atom. The van der Waals surface area contributed by atoms with E-state index in [0.717, 1.165) is 0 Å². The van der Waals surface area contributed by atoms with Gasteiger partial charge in [0.1, 0.15) is 0 Å². The quantitative estimate of drug-likeness (QED) is 0.388. The van der Waals surface area contributed by atoms with Gasteiger partial charge < -0.3 is 5.48 Å². The Hall–Kier alpha value is 3.20. The first-order valence-corrected chi connectivity index (χ1v) is 4.43. The van der Waals surface area contributed by atoms with Crippen LogP contribution in [0.1, 0.15) is 0 Å². The average Bonchev–Trinajstić information content (AvgIpc) is 1.89. The molecule has 64 valence electrons. The van der Waals surface area contributed by atoms with Crippen molar-refractivity contribution in [3.63, 3.8) is 0 Å². The van der Waals surface area contributed by atoms with Crippen molar-refractivity contribution in [2.45, 2.75) is 0 Å². The normalized spacial score (nSPS) is 5.23. The van der Waals surface area contributed by atoms with E-state index in [1.807, 2.05) is 0 Å². The molecule has 11 heteroatoms. The zero-order valence-electron chi connectivity index (χ0n) is 4.95. The van der Waals surface area contributed by atoms with Crippen molar-refractivity contribution < 1.29 is 67.4 Å². The van der Waals surface area contributed by atoms with Crippen molar-refractivity contribution in [2.75, 3.05) is 0 Å². The van der Waals surface area contributed by atoms with Crippen LogP contribution in [0.3, 0.4) is 0 Å². The van der Waals surface area contributed by atoms with Crippen LogP contribution in [0.2, 0.25) is 0 Å². The van der Waals surface area contributed by atoms with E-state index in [1.165, 1.54) is 0 Å². The van der Waals surface area contributed by atoms with E-state index in [0.29, 0.717) is 0 Å². The molecule has 2 N–H and O–H groups in total. The van der Waals surface area contributed by atoms with Crippen molar-refractivity contribution in [1.29, 1.82) is 0 Å². The molecule has 0 bridgehead atoms. The Morgan fingerprint density at radius 2 is 1.08 bits per heavy atom. The third-order valence-corrected chi connectivity index (χ3v) is 1.27. The Bertz CT molecular complexity index is 163. The number of carbonyl (C=O) groups excluding carboxylic acids is 2. The number of carbonyl (C=O) groups is 2. The molecule has 0 unspecified atom stereocenters. The Labute approximate surface area is 177 Å². The molecule has 0 aromatic carbocycles. The fourth-order valence-corrected chi connectivity index (χ4v) is 0.656. The Balaban J connectivity index is -0.000000135. The van der Waals surface area contributed by atoms with E-state index in [2.05, 4.69) is 6.64 Å². The Kier molecular flexibility index (Phi) is 34.0. The molecule has 0 spiro atoms. The zero-order valence-corrected chi connectivity index (χ0v) is 8.07. The van der Waals surface area contributed by atoms with E-state index < -0.39 is 51.0 Å². The first-order chi connectivity index (χ1) is 4.72. The molecular formula is C2H4K2O7Ti2. The predicted octanol–water partition coefficient (Wildman–Crippen LogP) is -3.36. The van der Waals surface area contributed by atoms with Gasteiger partial charge in [0.2, 0.25) is 0 Å². The standard InChI is InChI=1S/C2H2O4.2K.H2O.2O.2Ti.2H/c3-1(4)2(5)6;;;;;;;;;/h(H,3,4)(H,5,6);;;1H2;;;;;;/q;;;;;;2*+1;;/p-2. The summed E-state index contributed by atoms with van der Waals surface area (Å²) in [5, 5.41) is 0. The molecule has 0 amide bonds. The number of hydrogen-bond acceptors (Lipinski definition) is 6. The van der Waals surface area contributed by atoms with E-state index in [4.69, 9.17) is 0 Å². The van der Waals surface area contributed by atoms with Crippen molar-refractivity contribution >= 4 is 115 Å². The SMILES string of the molecule is O.[KH].[KH].[O]=[Ti][O]C(=O)C(=O)[O][Ti]=[O]. The molecule has 0 aromatic heterocycles. The van der Waals surface area contributed by atoms with Gasteiger partial charge in [0.05, 0.1) is 0 Å². The summed E-state index contributed by atoms with van der Waals surface area (Å²) >= 11 is -4.16. The average molecular weight is 314 g/mol. The van der Waals surface area contributed by atoms with Gasteiger partial charge in [-0.3, -0.25) is 0 Å². The number of rotatable bonds is 2. The molecule has 0 radical (unpaired) electrons. The van der Waals surface area contributed by atoms with Gasteiger partial charge in [-0.15, -0.1) is 0 Å². The van der Waals surface area contributed by atoms with Crippen LogP contribution in [0.5, 0.6) is 0 Å². The van der Waals surface area contributed by atoms with E-state index in [1.54, 1.807) is 0 Å². The van der Waals surface area contributed by atoms with E-state index in [9.17, 15) is 16.2 Å². The van der Waals surface area contributed by atoms with Crippen LogP contribution in [-0.2, 0) is 61.9 Å². The van der Waals surface area contributed by atoms with Gasteiger partial charge in [-0.1, -0.05) is 0 Å². The first kappa shape index (κ1) is 25.1. The van der Waals surface area contributed by atoms with Gasteiger partial charge in [0.15, 0.2) is 0 Å². The summed E-state index contributed by atoms with van der Waals surface area (Å²) in [6.45, 7) is 0. The van der Waals surface area contributed by atoms with Crippen LogP contribution in [0.4, 0.5) is 0 Å². The molecule has 0 rings (SSSR count). The van der Waals surface area contributed by atoms with Gasteiger partial charge in [-0.05, 0) is 0 Å². The third kappa shape index (κ3) is 15.2. The van der Waals surface area contributed by atoms with Crippen molar-refractivity contribution in [3.8, 4) is 0 Å². The van der Waals surface area contributed by atoms with Crippen LogP contribution < -0.4 is 0 Å². The van der Waals surface area contributed by atoms with Gasteiger partial charge >= 0.3 is 177 Å². The molecule has 0 aliphatic heterocycles. The molecule has 7 nitrogen and oxygen atoms in total. The molecule has 0 atom stereocenters. The summed E-state index contributed by atoms with van der Waals surface area (Å²) in [6.07, 6.45) is 0. The second-order valence-corrected chi connectivity index (χ2v) is 2.10. The first-order valence-electron chi connectivity index (χ1n) is 1.88. The van der Waals surface area contributed by atoms with Crippen molar-refractivity contribution in [1.82, 2.24) is 0 Å². The summed E-state index contributed by atoms with van der Waals surface area (Å²) in [5.41, 5.74) is 0. The monoisotopic (exact) mass is 314 g/mol. The summed E-state index contributed by atoms with van der Waals surface area (Å²) < 4.78 is 26.9. The van der Waals surface area contributed by atoms with Crippen molar-refractivity contribution in [2.24, 2.45) is 0 Å². The van der Waals surface area contributed by atoms with Crippen LogP contribution in [0, 0.1) is 0 Å². The molecule has 0 saturated heterocycles. The fourth-order valence-electron chi connectivity index (χ4n) is 0.159. The number of hydrogen-bond donors (Lipinski definition) is 0. The van der Waals surface area contributed by atoms with Crippen molar-refractivity contribution in [3.05, 3.63) is 0 Å². The van der Waals surface area contributed by atoms with E-state index >= 15 is 0 Å². The molecule has 0 aromatic rings. The van der Waals surface area contributed by atoms with E-state index in [-0.39, 0.29) is 108 Å². The predicted molar refractivity (Wildman–Crippen MR) is 31.5 cm³/mol. The van der Waals surface area contributed by atoms with Gasteiger partial charge in [0.25, 0.3) is 0 Å². The minimum atomic E-state index is -2.08. The van der Waals surface area contributed by atoms with Crippen LogP contribution in [0.25, 0.3) is 0 Å². The molecule has 0 aliphatic rings. The second kappa shape index (κ2) is 17.6. The van der Waals surface area contributed by atoms with Crippen LogP contribution in [-0.4, -0.2) is 120 Å². The third-order valence-electron chi connectivity index (χ3n) is 0.435. The summed E-state index contributed by atoms with van der Waals surface area (Å²) in [4.78, 5) is 20.3. The molecule has 0 aliphatic carbocycles. The molecule has 0 fully saturated rings.